The lowest BCUT2D eigenvalue weighted by Crippen LogP contribution is -2.67. The van der Waals surface area contributed by atoms with E-state index >= 15 is 0 Å². The van der Waals surface area contributed by atoms with Gasteiger partial charge in [0, 0.05) is 11.3 Å². The van der Waals surface area contributed by atoms with Crippen LogP contribution < -0.4 is 0 Å². The standard InChI is InChI=1S/C20H26O4/c1-10-11-5-6-12-19(4)8-7-14(21)18(2,3)13(19)9-15(22)20(12,16(10)23)17(11)24/h7-8,11-13,15,17,22,24H,1,5-6,9H2,2-4H3/t11?,12?,13?,15?,17?,19-,20-/m0/s1. The molecule has 0 aliphatic heterocycles. The first-order chi connectivity index (χ1) is 11.1. The normalized spacial score (nSPS) is 52.2. The van der Waals surface area contributed by atoms with E-state index in [0.29, 0.717) is 12.0 Å². The first-order valence-corrected chi connectivity index (χ1v) is 8.93. The van der Waals surface area contributed by atoms with Crippen LogP contribution in [0.2, 0.25) is 0 Å². The minimum absolute atomic E-state index is 0.0430. The molecule has 130 valence electrons. The summed E-state index contributed by atoms with van der Waals surface area (Å²) in [6, 6.07) is 0. The summed E-state index contributed by atoms with van der Waals surface area (Å²) < 4.78 is 0. The molecule has 4 aliphatic rings. The van der Waals surface area contributed by atoms with Crippen LogP contribution >= 0.6 is 0 Å². The molecule has 0 amide bonds. The van der Waals surface area contributed by atoms with E-state index in [1.807, 2.05) is 19.9 Å². The number of allylic oxidation sites excluding steroid dienone is 2. The van der Waals surface area contributed by atoms with Crippen molar-refractivity contribution in [2.45, 2.75) is 52.2 Å². The van der Waals surface area contributed by atoms with E-state index in [4.69, 9.17) is 0 Å². The average Bonchev–Trinajstić information content (AvgIpc) is 2.64. The Morgan fingerprint density at radius 3 is 2.46 bits per heavy atom. The number of aliphatic hydroxyl groups is 2. The number of carbonyl (C=O) groups is 2. The molecular weight excluding hydrogens is 304 g/mol. The van der Waals surface area contributed by atoms with Crippen molar-refractivity contribution in [2.75, 3.05) is 0 Å². The van der Waals surface area contributed by atoms with Crippen LogP contribution in [0.1, 0.15) is 40.0 Å². The molecule has 0 aromatic heterocycles. The van der Waals surface area contributed by atoms with Crippen molar-refractivity contribution in [2.24, 2.45) is 34.0 Å². The van der Waals surface area contributed by atoms with Gasteiger partial charge < -0.3 is 10.2 Å². The molecule has 1 spiro atoms. The molecular formula is C20H26O4. The fourth-order valence-corrected chi connectivity index (χ4v) is 6.65. The van der Waals surface area contributed by atoms with Crippen LogP contribution in [-0.2, 0) is 9.59 Å². The van der Waals surface area contributed by atoms with Crippen LogP contribution in [0.25, 0.3) is 0 Å². The summed E-state index contributed by atoms with van der Waals surface area (Å²) in [6.45, 7) is 9.89. The highest BCUT2D eigenvalue weighted by molar-refractivity contribution is 6.04. The van der Waals surface area contributed by atoms with Crippen LogP contribution in [-0.4, -0.2) is 34.0 Å². The number of hydrogen-bond acceptors (Lipinski definition) is 4. The fourth-order valence-electron chi connectivity index (χ4n) is 6.65. The number of rotatable bonds is 0. The molecule has 24 heavy (non-hydrogen) atoms. The number of hydrogen-bond donors (Lipinski definition) is 2. The monoisotopic (exact) mass is 330 g/mol. The number of carbonyl (C=O) groups excluding carboxylic acids is 2. The summed E-state index contributed by atoms with van der Waals surface area (Å²) in [4.78, 5) is 25.5. The molecule has 4 heteroatoms. The zero-order valence-electron chi connectivity index (χ0n) is 14.6. The summed E-state index contributed by atoms with van der Waals surface area (Å²) in [5.74, 6) is -0.521. The van der Waals surface area contributed by atoms with Crippen molar-refractivity contribution in [3.05, 3.63) is 24.3 Å². The Labute approximate surface area is 142 Å². The Bertz CT molecular complexity index is 690. The molecule has 0 heterocycles. The lowest BCUT2D eigenvalue weighted by Gasteiger charge is -2.62. The molecule has 4 aliphatic carbocycles. The van der Waals surface area contributed by atoms with E-state index in [0.717, 1.165) is 12.8 Å². The lowest BCUT2D eigenvalue weighted by molar-refractivity contribution is -0.205. The highest BCUT2D eigenvalue weighted by Crippen LogP contribution is 2.69. The lowest BCUT2D eigenvalue weighted by atomic mass is 9.41. The molecule has 0 radical (unpaired) electrons. The first kappa shape index (κ1) is 16.2. The minimum atomic E-state index is -1.15. The van der Waals surface area contributed by atoms with Crippen LogP contribution in [0.5, 0.6) is 0 Å². The predicted octanol–water partition coefficient (Wildman–Crippen LogP) is 2.05. The topological polar surface area (TPSA) is 74.6 Å². The predicted molar refractivity (Wildman–Crippen MR) is 88.9 cm³/mol. The Morgan fingerprint density at radius 2 is 1.79 bits per heavy atom. The maximum Gasteiger partial charge on any atom is 0.170 e. The van der Waals surface area contributed by atoms with E-state index in [1.54, 1.807) is 6.08 Å². The number of Topliss-reactive ketones (excluding diaryl/α,β-unsaturated/α-hetero) is 1. The van der Waals surface area contributed by atoms with Gasteiger partial charge in [0.05, 0.1) is 17.6 Å². The highest BCUT2D eigenvalue weighted by atomic mass is 16.3. The van der Waals surface area contributed by atoms with Crippen molar-refractivity contribution in [1.82, 2.24) is 0 Å². The molecule has 3 saturated carbocycles. The van der Waals surface area contributed by atoms with Crippen LogP contribution in [0.3, 0.4) is 0 Å². The number of ketones is 2. The number of aliphatic hydroxyl groups excluding tert-OH is 2. The maximum atomic E-state index is 13.1. The van der Waals surface area contributed by atoms with Gasteiger partial charge in [-0.2, -0.15) is 0 Å². The van der Waals surface area contributed by atoms with Gasteiger partial charge in [-0.3, -0.25) is 9.59 Å². The molecule has 2 bridgehead atoms. The Balaban J connectivity index is 1.93. The summed E-state index contributed by atoms with van der Waals surface area (Å²) in [7, 11) is 0. The Morgan fingerprint density at radius 1 is 1.12 bits per heavy atom. The van der Waals surface area contributed by atoms with E-state index in [2.05, 4.69) is 13.5 Å². The second-order valence-corrected chi connectivity index (χ2v) is 9.06. The summed E-state index contributed by atoms with van der Waals surface area (Å²) in [5.41, 5.74) is -1.64. The van der Waals surface area contributed by atoms with Gasteiger partial charge in [-0.25, -0.2) is 0 Å². The molecule has 7 atom stereocenters. The largest absolute Gasteiger partial charge is 0.392 e. The van der Waals surface area contributed by atoms with Crippen LogP contribution in [0, 0.1) is 34.0 Å². The Kier molecular flexibility index (Phi) is 3.02. The van der Waals surface area contributed by atoms with Gasteiger partial charge in [0.15, 0.2) is 11.6 Å². The van der Waals surface area contributed by atoms with E-state index in [1.165, 1.54) is 0 Å². The summed E-state index contributed by atoms with van der Waals surface area (Å²) in [5, 5.41) is 22.0. The van der Waals surface area contributed by atoms with Crippen molar-refractivity contribution < 1.29 is 19.8 Å². The van der Waals surface area contributed by atoms with Gasteiger partial charge in [-0.05, 0) is 48.2 Å². The molecule has 2 N–H and O–H groups in total. The van der Waals surface area contributed by atoms with Crippen molar-refractivity contribution in [1.29, 1.82) is 0 Å². The third kappa shape index (κ3) is 1.49. The van der Waals surface area contributed by atoms with Crippen LogP contribution in [0.15, 0.2) is 24.3 Å². The first-order valence-electron chi connectivity index (χ1n) is 8.93. The summed E-state index contributed by atoms with van der Waals surface area (Å²) in [6.07, 6.45) is 3.65. The van der Waals surface area contributed by atoms with E-state index < -0.39 is 23.0 Å². The zero-order valence-corrected chi connectivity index (χ0v) is 14.6. The SMILES string of the molecule is C=C1C(=O)[C@@]23C(O)CC4C(C)(C)C(=O)C=C[C@@]4(C)C2CCC1C3O. The van der Waals surface area contributed by atoms with E-state index in [9.17, 15) is 19.8 Å². The second-order valence-electron chi connectivity index (χ2n) is 9.06. The van der Waals surface area contributed by atoms with Gasteiger partial charge in [-0.1, -0.05) is 33.4 Å². The molecule has 5 unspecified atom stereocenters. The molecule has 0 saturated heterocycles. The highest BCUT2D eigenvalue weighted by Gasteiger charge is 2.73. The van der Waals surface area contributed by atoms with Crippen molar-refractivity contribution in [3.63, 3.8) is 0 Å². The smallest absolute Gasteiger partial charge is 0.170 e. The van der Waals surface area contributed by atoms with E-state index in [-0.39, 0.29) is 34.7 Å². The zero-order chi connectivity index (χ0) is 17.7. The van der Waals surface area contributed by atoms with Gasteiger partial charge in [-0.15, -0.1) is 0 Å². The van der Waals surface area contributed by atoms with Crippen molar-refractivity contribution >= 4 is 11.6 Å². The third-order valence-corrected chi connectivity index (χ3v) is 7.96. The quantitative estimate of drug-likeness (QED) is 0.667. The van der Waals surface area contributed by atoms with Gasteiger partial charge in [0.2, 0.25) is 0 Å². The van der Waals surface area contributed by atoms with Crippen molar-refractivity contribution in [3.8, 4) is 0 Å². The molecule has 0 aromatic carbocycles. The second kappa shape index (κ2) is 4.47. The third-order valence-electron chi connectivity index (χ3n) is 7.96. The summed E-state index contributed by atoms with van der Waals surface area (Å²) >= 11 is 0. The molecule has 0 aromatic rings. The van der Waals surface area contributed by atoms with Crippen LogP contribution in [0.4, 0.5) is 0 Å². The minimum Gasteiger partial charge on any atom is -0.392 e. The Hall–Kier alpha value is -1.26. The van der Waals surface area contributed by atoms with Gasteiger partial charge in [0.1, 0.15) is 0 Å². The number of fused-ring (bicyclic) bond motifs is 3. The molecule has 4 rings (SSSR count). The van der Waals surface area contributed by atoms with Gasteiger partial charge >= 0.3 is 0 Å². The molecule has 3 fully saturated rings. The maximum absolute atomic E-state index is 13.1. The van der Waals surface area contributed by atoms with Gasteiger partial charge in [0.25, 0.3) is 0 Å². The fraction of sp³-hybridized carbons (Fsp3) is 0.700. The average molecular weight is 330 g/mol. The molecule has 4 nitrogen and oxygen atoms in total.